The molecule has 2 rings (SSSR count). The number of benzene rings is 2. The molecule has 2 aromatic carbocycles. The van der Waals surface area contributed by atoms with Gasteiger partial charge in [-0.05, 0) is 24.3 Å². The molecule has 0 saturated heterocycles. The van der Waals surface area contributed by atoms with Gasteiger partial charge in [-0.15, -0.1) is 25.3 Å². The van der Waals surface area contributed by atoms with Gasteiger partial charge in [-0.25, -0.2) is 4.79 Å². The van der Waals surface area contributed by atoms with E-state index in [-0.39, 0.29) is 4.24 Å². The first-order valence-electron chi connectivity index (χ1n) is 5.72. The number of para-hydroxylation sites is 2. The summed E-state index contributed by atoms with van der Waals surface area (Å²) >= 11 is 7.16. The van der Waals surface area contributed by atoms with Crippen molar-refractivity contribution in [2.45, 2.75) is 0 Å². The molecule has 0 heterocycles. The lowest BCUT2D eigenvalue weighted by molar-refractivity contribution is -0.131. The Bertz CT molecular complexity index is 501. The number of aliphatic carboxylic acids is 1. The van der Waals surface area contributed by atoms with Gasteiger partial charge in [-0.2, -0.15) is 0 Å². The summed E-state index contributed by atoms with van der Waals surface area (Å²) < 4.78 is 0.201. The molecule has 0 aromatic heterocycles. The van der Waals surface area contributed by atoms with Crippen molar-refractivity contribution in [3.63, 3.8) is 0 Å². The van der Waals surface area contributed by atoms with Gasteiger partial charge in [0.2, 0.25) is 0 Å². The van der Waals surface area contributed by atoms with E-state index in [1.54, 1.807) is 48.5 Å². The minimum absolute atomic E-state index is 0.201. The summed E-state index contributed by atoms with van der Waals surface area (Å²) in [5.41, 5.74) is 0. The SMILES string of the molecule is O=C(O)C=C(S)S.Oc1ccccc1.Oc1ccccc1. The lowest BCUT2D eigenvalue weighted by Gasteiger charge is -1.82. The van der Waals surface area contributed by atoms with Crippen LogP contribution in [-0.2, 0) is 4.79 Å². The predicted molar refractivity (Wildman–Crippen MR) is 89.9 cm³/mol. The summed E-state index contributed by atoms with van der Waals surface area (Å²) in [6, 6.07) is 17.4. The fourth-order valence-electron chi connectivity index (χ4n) is 0.966. The number of carboxylic acids is 1. The van der Waals surface area contributed by atoms with Gasteiger partial charge in [-0.1, -0.05) is 36.4 Å². The van der Waals surface area contributed by atoms with Gasteiger partial charge in [0, 0.05) is 10.3 Å². The third-order valence-corrected chi connectivity index (χ3v) is 2.02. The molecule has 6 heteroatoms. The van der Waals surface area contributed by atoms with Crippen LogP contribution in [0.2, 0.25) is 0 Å². The number of phenolic OH excluding ortho intramolecular Hbond substituents is 2. The maximum atomic E-state index is 9.64. The van der Waals surface area contributed by atoms with E-state index in [2.05, 4.69) is 25.3 Å². The first kappa shape index (κ1) is 18.9. The summed E-state index contributed by atoms with van der Waals surface area (Å²) in [5.74, 6) is -0.384. The molecule has 0 amide bonds. The summed E-state index contributed by atoms with van der Waals surface area (Å²) in [4.78, 5) is 9.64. The van der Waals surface area contributed by atoms with Crippen molar-refractivity contribution >= 4 is 31.2 Å². The van der Waals surface area contributed by atoms with Crippen LogP contribution in [0.4, 0.5) is 0 Å². The molecule has 2 aromatic rings. The van der Waals surface area contributed by atoms with Gasteiger partial charge < -0.3 is 15.3 Å². The average molecular weight is 324 g/mol. The van der Waals surface area contributed by atoms with Crippen LogP contribution in [0, 0.1) is 0 Å². The third-order valence-electron chi connectivity index (χ3n) is 1.76. The number of phenols is 2. The minimum Gasteiger partial charge on any atom is -0.508 e. The Hall–Kier alpha value is -2.05. The number of carboxylic acid groups (broad SMARTS) is 1. The summed E-state index contributed by atoms with van der Waals surface area (Å²) in [7, 11) is 0. The van der Waals surface area contributed by atoms with Crippen molar-refractivity contribution in [1.29, 1.82) is 0 Å². The van der Waals surface area contributed by atoms with E-state index in [1.165, 1.54) is 0 Å². The molecule has 0 atom stereocenters. The van der Waals surface area contributed by atoms with Crippen LogP contribution in [0.3, 0.4) is 0 Å². The molecule has 4 nitrogen and oxygen atoms in total. The summed E-state index contributed by atoms with van der Waals surface area (Å²) in [5, 5.41) is 25.2. The van der Waals surface area contributed by atoms with Crippen LogP contribution in [0.25, 0.3) is 0 Å². The normalized spacial score (nSPS) is 8.29. The second kappa shape index (κ2) is 11.7. The maximum absolute atomic E-state index is 9.64. The van der Waals surface area contributed by atoms with Crippen molar-refractivity contribution in [2.24, 2.45) is 0 Å². The van der Waals surface area contributed by atoms with Crippen molar-refractivity contribution in [2.75, 3.05) is 0 Å². The Morgan fingerprint density at radius 2 is 1.14 bits per heavy atom. The van der Waals surface area contributed by atoms with Gasteiger partial charge in [0.15, 0.2) is 0 Å². The maximum Gasteiger partial charge on any atom is 0.329 e. The molecule has 0 radical (unpaired) electrons. The highest BCUT2D eigenvalue weighted by Gasteiger charge is 1.85. The van der Waals surface area contributed by atoms with Crippen LogP contribution in [-0.4, -0.2) is 21.3 Å². The van der Waals surface area contributed by atoms with E-state index in [0.29, 0.717) is 11.5 Å². The quantitative estimate of drug-likeness (QED) is 0.411. The second-order valence-corrected chi connectivity index (χ2v) is 4.83. The zero-order chi connectivity index (χ0) is 16.1. The molecule has 0 spiro atoms. The Morgan fingerprint density at radius 3 is 1.24 bits per heavy atom. The van der Waals surface area contributed by atoms with E-state index in [4.69, 9.17) is 15.3 Å². The molecule has 0 aliphatic rings. The summed E-state index contributed by atoms with van der Waals surface area (Å²) in [6.45, 7) is 0. The van der Waals surface area contributed by atoms with E-state index < -0.39 is 5.97 Å². The highest BCUT2D eigenvalue weighted by atomic mass is 32.2. The molecule has 112 valence electrons. The van der Waals surface area contributed by atoms with Gasteiger partial charge >= 0.3 is 5.97 Å². The van der Waals surface area contributed by atoms with Gasteiger partial charge in [0.1, 0.15) is 11.5 Å². The van der Waals surface area contributed by atoms with Crippen molar-refractivity contribution in [3.05, 3.63) is 71.0 Å². The fourth-order valence-corrected chi connectivity index (χ4v) is 1.19. The average Bonchev–Trinajstić information content (AvgIpc) is 2.40. The van der Waals surface area contributed by atoms with Crippen LogP contribution >= 0.6 is 25.3 Å². The van der Waals surface area contributed by atoms with E-state index in [9.17, 15) is 4.79 Å². The molecule has 0 saturated carbocycles. The molecule has 0 aliphatic heterocycles. The lowest BCUT2D eigenvalue weighted by Crippen LogP contribution is -1.85. The topological polar surface area (TPSA) is 77.8 Å². The Kier molecular flexibility index (Phi) is 10.6. The molecule has 0 unspecified atom stereocenters. The number of hydrogen-bond acceptors (Lipinski definition) is 5. The highest BCUT2D eigenvalue weighted by molar-refractivity contribution is 8.05. The van der Waals surface area contributed by atoms with Crippen molar-refractivity contribution in [3.8, 4) is 11.5 Å². The monoisotopic (exact) mass is 324 g/mol. The van der Waals surface area contributed by atoms with E-state index in [0.717, 1.165) is 6.08 Å². The van der Waals surface area contributed by atoms with Gasteiger partial charge in [0.05, 0.1) is 0 Å². The smallest absolute Gasteiger partial charge is 0.329 e. The van der Waals surface area contributed by atoms with E-state index in [1.807, 2.05) is 12.1 Å². The first-order chi connectivity index (χ1) is 9.91. The molecule has 0 aliphatic carbocycles. The largest absolute Gasteiger partial charge is 0.508 e. The molecule has 0 fully saturated rings. The highest BCUT2D eigenvalue weighted by Crippen LogP contribution is 2.03. The molecular weight excluding hydrogens is 308 g/mol. The summed E-state index contributed by atoms with van der Waals surface area (Å²) in [6.07, 6.45) is 0.895. The number of hydrogen-bond donors (Lipinski definition) is 5. The Balaban J connectivity index is 0.000000286. The fraction of sp³-hybridized carbons (Fsp3) is 0. The number of carbonyl (C=O) groups is 1. The third kappa shape index (κ3) is 14.2. The zero-order valence-electron chi connectivity index (χ0n) is 11.0. The molecule has 0 bridgehead atoms. The van der Waals surface area contributed by atoms with E-state index >= 15 is 0 Å². The Morgan fingerprint density at radius 1 is 0.810 bits per heavy atom. The molecule has 21 heavy (non-hydrogen) atoms. The van der Waals surface area contributed by atoms with Gasteiger partial charge in [-0.3, -0.25) is 0 Å². The van der Waals surface area contributed by atoms with Crippen molar-refractivity contribution < 1.29 is 20.1 Å². The van der Waals surface area contributed by atoms with Crippen LogP contribution in [0.1, 0.15) is 0 Å². The predicted octanol–water partition coefficient (Wildman–Crippen LogP) is 3.56. The second-order valence-electron chi connectivity index (χ2n) is 3.51. The number of thiol groups is 2. The standard InChI is InChI=1S/2C6H6O.C3H4O2S2/c2*7-6-4-2-1-3-5-6;4-2(5)1-3(6)7/h2*1-5,7H;1,6-7H,(H,4,5). The zero-order valence-corrected chi connectivity index (χ0v) is 12.8. The molecular formula is C15H16O4S2. The molecule has 3 N–H and O–H groups in total. The Labute approximate surface area is 134 Å². The van der Waals surface area contributed by atoms with Gasteiger partial charge in [0.25, 0.3) is 0 Å². The van der Waals surface area contributed by atoms with Crippen LogP contribution in [0.5, 0.6) is 11.5 Å². The van der Waals surface area contributed by atoms with Crippen LogP contribution < -0.4 is 0 Å². The number of rotatable bonds is 1. The number of aromatic hydroxyl groups is 2. The van der Waals surface area contributed by atoms with Crippen molar-refractivity contribution in [1.82, 2.24) is 0 Å². The van der Waals surface area contributed by atoms with Crippen LogP contribution in [0.15, 0.2) is 71.0 Å². The first-order valence-corrected chi connectivity index (χ1v) is 6.62. The lowest BCUT2D eigenvalue weighted by atomic mass is 10.3. The minimum atomic E-state index is -1.03.